The summed E-state index contributed by atoms with van der Waals surface area (Å²) in [5.74, 6) is -0.754. The third kappa shape index (κ3) is 3.77. The smallest absolute Gasteiger partial charge is 0.342 e. The predicted molar refractivity (Wildman–Crippen MR) is 78.8 cm³/mol. The Balaban J connectivity index is 1.94. The van der Waals surface area contributed by atoms with Crippen LogP contribution in [0, 0.1) is 6.92 Å². The number of carbonyl (C=O) groups excluding carboxylic acids is 2. The Bertz CT molecular complexity index is 661. The van der Waals surface area contributed by atoms with Crippen LogP contribution in [0.1, 0.15) is 16.1 Å². The molecular formula is C14H11Cl2NO4. The number of anilines is 1. The van der Waals surface area contributed by atoms with Crippen LogP contribution in [0.15, 0.2) is 34.9 Å². The van der Waals surface area contributed by atoms with Gasteiger partial charge in [-0.3, -0.25) is 4.79 Å². The van der Waals surface area contributed by atoms with E-state index in [9.17, 15) is 9.59 Å². The Hall–Kier alpha value is -1.98. The van der Waals surface area contributed by atoms with Gasteiger partial charge >= 0.3 is 5.97 Å². The fourth-order valence-corrected chi connectivity index (χ4v) is 2.09. The second-order valence-corrected chi connectivity index (χ2v) is 4.93. The van der Waals surface area contributed by atoms with E-state index in [1.807, 2.05) is 0 Å². The zero-order valence-corrected chi connectivity index (χ0v) is 12.5. The van der Waals surface area contributed by atoms with Gasteiger partial charge in [0.2, 0.25) is 0 Å². The molecule has 5 nitrogen and oxygen atoms in total. The van der Waals surface area contributed by atoms with Crippen molar-refractivity contribution < 1.29 is 18.7 Å². The molecule has 0 atom stereocenters. The first-order valence-corrected chi connectivity index (χ1v) is 6.69. The highest BCUT2D eigenvalue weighted by Crippen LogP contribution is 2.29. The molecule has 0 fully saturated rings. The Labute approximate surface area is 130 Å². The largest absolute Gasteiger partial charge is 0.469 e. The highest BCUT2D eigenvalue weighted by Gasteiger charge is 2.15. The van der Waals surface area contributed by atoms with Crippen LogP contribution in [-0.2, 0) is 9.53 Å². The summed E-state index contributed by atoms with van der Waals surface area (Å²) < 4.78 is 9.87. The number of esters is 1. The second-order valence-electron chi connectivity index (χ2n) is 4.11. The molecule has 21 heavy (non-hydrogen) atoms. The molecule has 0 aliphatic heterocycles. The van der Waals surface area contributed by atoms with Crippen molar-refractivity contribution in [2.75, 3.05) is 11.9 Å². The molecular weight excluding hydrogens is 317 g/mol. The first-order valence-electron chi connectivity index (χ1n) is 5.94. The van der Waals surface area contributed by atoms with E-state index in [4.69, 9.17) is 32.4 Å². The molecule has 2 aromatic rings. The molecule has 1 amide bonds. The molecule has 0 aliphatic rings. The van der Waals surface area contributed by atoms with Crippen molar-refractivity contribution in [2.24, 2.45) is 0 Å². The number of rotatable bonds is 4. The third-order valence-electron chi connectivity index (χ3n) is 2.64. The second kappa shape index (κ2) is 6.65. The van der Waals surface area contributed by atoms with Crippen molar-refractivity contribution in [3.05, 3.63) is 51.9 Å². The van der Waals surface area contributed by atoms with Crippen molar-refractivity contribution in [1.29, 1.82) is 0 Å². The fraction of sp³-hybridized carbons (Fsp3) is 0.143. The first kappa shape index (κ1) is 15.4. The lowest BCUT2D eigenvalue weighted by Crippen LogP contribution is -2.21. The zero-order chi connectivity index (χ0) is 15.4. The van der Waals surface area contributed by atoms with Crippen LogP contribution in [0.25, 0.3) is 0 Å². The first-order chi connectivity index (χ1) is 9.99. The van der Waals surface area contributed by atoms with Gasteiger partial charge in [-0.2, -0.15) is 0 Å². The van der Waals surface area contributed by atoms with Gasteiger partial charge in [0.15, 0.2) is 6.61 Å². The van der Waals surface area contributed by atoms with Crippen molar-refractivity contribution in [3.63, 3.8) is 0 Å². The number of ether oxygens (including phenoxy) is 1. The quantitative estimate of drug-likeness (QED) is 0.869. The molecule has 0 unspecified atom stereocenters. The van der Waals surface area contributed by atoms with Gasteiger partial charge in [0, 0.05) is 0 Å². The van der Waals surface area contributed by atoms with E-state index in [1.54, 1.807) is 25.1 Å². The van der Waals surface area contributed by atoms with Crippen LogP contribution in [-0.4, -0.2) is 18.5 Å². The average Bonchev–Trinajstić information content (AvgIpc) is 2.87. The summed E-state index contributed by atoms with van der Waals surface area (Å²) in [6.07, 6.45) is 1.37. The number of aryl methyl sites for hydroxylation is 1. The zero-order valence-electron chi connectivity index (χ0n) is 11.0. The predicted octanol–water partition coefficient (Wildman–Crippen LogP) is 3.69. The SMILES string of the molecule is Cc1occc1C(=O)OCC(=O)Nc1c(Cl)cccc1Cl. The van der Waals surface area contributed by atoms with Gasteiger partial charge < -0.3 is 14.5 Å². The normalized spacial score (nSPS) is 10.2. The molecule has 1 N–H and O–H groups in total. The van der Waals surface area contributed by atoms with E-state index >= 15 is 0 Å². The number of halogens is 2. The lowest BCUT2D eigenvalue weighted by atomic mass is 10.3. The molecule has 0 spiro atoms. The van der Waals surface area contributed by atoms with Gasteiger partial charge in [-0.05, 0) is 25.1 Å². The minimum absolute atomic E-state index is 0.276. The average molecular weight is 328 g/mol. The number of furan rings is 1. The summed E-state index contributed by atoms with van der Waals surface area (Å²) >= 11 is 11.8. The molecule has 0 saturated carbocycles. The minimum atomic E-state index is -0.637. The van der Waals surface area contributed by atoms with E-state index in [0.717, 1.165) is 0 Å². The van der Waals surface area contributed by atoms with E-state index in [0.29, 0.717) is 15.8 Å². The van der Waals surface area contributed by atoms with Gasteiger partial charge in [0.1, 0.15) is 11.3 Å². The summed E-state index contributed by atoms with van der Waals surface area (Å²) in [5, 5.41) is 3.09. The molecule has 0 radical (unpaired) electrons. The maximum atomic E-state index is 11.7. The number of carbonyl (C=O) groups is 2. The Morgan fingerprint density at radius 3 is 2.48 bits per heavy atom. The molecule has 7 heteroatoms. The van der Waals surface area contributed by atoms with E-state index in [1.165, 1.54) is 12.3 Å². The molecule has 1 aromatic carbocycles. The standard InChI is InChI=1S/C14H11Cl2NO4/c1-8-9(5-6-20-8)14(19)21-7-12(18)17-13-10(15)3-2-4-11(13)16/h2-6H,7H2,1H3,(H,17,18). The van der Waals surface area contributed by atoms with Crippen molar-refractivity contribution in [2.45, 2.75) is 6.92 Å². The summed E-state index contributed by atoms with van der Waals surface area (Å²) in [7, 11) is 0. The number of benzene rings is 1. The van der Waals surface area contributed by atoms with E-state index in [-0.39, 0.29) is 11.3 Å². The molecule has 0 aliphatic carbocycles. The number of nitrogens with one attached hydrogen (secondary N) is 1. The van der Waals surface area contributed by atoms with Crippen molar-refractivity contribution in [1.82, 2.24) is 0 Å². The van der Waals surface area contributed by atoms with Gasteiger partial charge in [-0.15, -0.1) is 0 Å². The number of hydrogen-bond acceptors (Lipinski definition) is 4. The van der Waals surface area contributed by atoms with Crippen molar-refractivity contribution in [3.8, 4) is 0 Å². The van der Waals surface area contributed by atoms with Crippen LogP contribution in [0.5, 0.6) is 0 Å². The lowest BCUT2D eigenvalue weighted by Gasteiger charge is -2.09. The topological polar surface area (TPSA) is 68.5 Å². The third-order valence-corrected chi connectivity index (χ3v) is 3.27. The molecule has 2 rings (SSSR count). The lowest BCUT2D eigenvalue weighted by molar-refractivity contribution is -0.119. The van der Waals surface area contributed by atoms with Crippen LogP contribution in [0.2, 0.25) is 10.0 Å². The molecule has 1 heterocycles. The number of amides is 1. The number of hydrogen-bond donors (Lipinski definition) is 1. The highest BCUT2D eigenvalue weighted by atomic mass is 35.5. The molecule has 1 aromatic heterocycles. The van der Waals surface area contributed by atoms with Crippen molar-refractivity contribution >= 4 is 40.8 Å². The van der Waals surface area contributed by atoms with Gasteiger partial charge in [0.25, 0.3) is 5.91 Å². The minimum Gasteiger partial charge on any atom is -0.469 e. The van der Waals surface area contributed by atoms with Crippen LogP contribution < -0.4 is 5.32 Å². The number of para-hydroxylation sites is 1. The molecule has 110 valence electrons. The monoisotopic (exact) mass is 327 g/mol. The van der Waals surface area contributed by atoms with Crippen LogP contribution in [0.3, 0.4) is 0 Å². The van der Waals surface area contributed by atoms with E-state index < -0.39 is 18.5 Å². The summed E-state index contributed by atoms with van der Waals surface area (Å²) in [6.45, 7) is 1.17. The Morgan fingerprint density at radius 2 is 1.90 bits per heavy atom. The Morgan fingerprint density at radius 1 is 1.24 bits per heavy atom. The summed E-state index contributed by atoms with van der Waals surface area (Å²) in [6, 6.07) is 6.30. The van der Waals surface area contributed by atoms with Gasteiger partial charge in [-0.1, -0.05) is 29.3 Å². The Kier molecular flexibility index (Phi) is 4.88. The fourth-order valence-electron chi connectivity index (χ4n) is 1.60. The molecule has 0 bridgehead atoms. The van der Waals surface area contributed by atoms with E-state index in [2.05, 4.69) is 5.32 Å². The highest BCUT2D eigenvalue weighted by molar-refractivity contribution is 6.39. The summed E-state index contributed by atoms with van der Waals surface area (Å²) in [5.41, 5.74) is 0.556. The van der Waals surface area contributed by atoms with Gasteiger partial charge in [-0.25, -0.2) is 4.79 Å². The van der Waals surface area contributed by atoms with Crippen LogP contribution >= 0.6 is 23.2 Å². The maximum absolute atomic E-state index is 11.7. The molecule has 0 saturated heterocycles. The summed E-state index contributed by atoms with van der Waals surface area (Å²) in [4.78, 5) is 23.4. The van der Waals surface area contributed by atoms with Gasteiger partial charge in [0.05, 0.1) is 22.0 Å². The maximum Gasteiger partial charge on any atom is 0.342 e. The van der Waals surface area contributed by atoms with Crippen LogP contribution in [0.4, 0.5) is 5.69 Å².